The average Bonchev–Trinajstić information content (AvgIpc) is 3.03. The number of benzene rings is 3. The number of carbonyl (C=O) groups excluding carboxylic acids is 3. The number of methoxy groups -OCH3 is 1. The van der Waals surface area contributed by atoms with Crippen LogP contribution < -0.4 is 10.1 Å². The highest BCUT2D eigenvalue weighted by molar-refractivity contribution is 8.14. The van der Waals surface area contributed by atoms with E-state index in [-0.39, 0.29) is 28.4 Å². The summed E-state index contributed by atoms with van der Waals surface area (Å²) in [5.74, 6) is -0.899. The van der Waals surface area contributed by atoms with Crippen LogP contribution in [-0.4, -0.2) is 40.7 Å². The normalized spacial score (nSPS) is 14.8. The van der Waals surface area contributed by atoms with Crippen LogP contribution >= 0.6 is 11.8 Å². The molecule has 0 bridgehead atoms. The van der Waals surface area contributed by atoms with E-state index in [0.717, 1.165) is 22.9 Å². The lowest BCUT2D eigenvalue weighted by Crippen LogP contribution is -2.42. The van der Waals surface area contributed by atoms with Gasteiger partial charge in [-0.05, 0) is 47.9 Å². The van der Waals surface area contributed by atoms with Gasteiger partial charge in [0, 0.05) is 5.70 Å². The Balaban J connectivity index is 1.60. The highest BCUT2D eigenvalue weighted by atomic mass is 32.2. The van der Waals surface area contributed by atoms with Gasteiger partial charge in [0.2, 0.25) is 5.91 Å². The van der Waals surface area contributed by atoms with Crippen molar-refractivity contribution in [2.24, 2.45) is 4.99 Å². The minimum atomic E-state index is -0.676. The van der Waals surface area contributed by atoms with Gasteiger partial charge in [0.1, 0.15) is 11.3 Å². The standard InChI is InChI=1S/C34H31N3O4S/c1-4-6-17-27(5-2)37-33(40)29(22-24-18-20-28(41-3)21-19-24)32(39)36-34(37)42-23-30(38)35-31(25-13-9-7-10-14-25)26-15-11-8-12-16-26/h4-22,31H,1,23H2,2-3H3,(H,35,38)/b17-6-,27-5+,29-22+. The number of amidine groups is 1. The van der Waals surface area contributed by atoms with Gasteiger partial charge in [0.25, 0.3) is 11.8 Å². The number of nitrogens with zero attached hydrogens (tertiary/aromatic N) is 2. The molecule has 1 aliphatic rings. The quantitative estimate of drug-likeness (QED) is 0.179. The van der Waals surface area contributed by atoms with Crippen LogP contribution in [0.2, 0.25) is 0 Å². The van der Waals surface area contributed by atoms with Crippen LogP contribution in [0.5, 0.6) is 5.75 Å². The number of hydrogen-bond donors (Lipinski definition) is 1. The first-order chi connectivity index (χ1) is 20.4. The lowest BCUT2D eigenvalue weighted by molar-refractivity contribution is -0.126. The molecule has 7 nitrogen and oxygen atoms in total. The van der Waals surface area contributed by atoms with Gasteiger partial charge in [-0.2, -0.15) is 4.99 Å². The van der Waals surface area contributed by atoms with Gasteiger partial charge in [0.05, 0.1) is 18.9 Å². The smallest absolute Gasteiger partial charge is 0.285 e. The van der Waals surface area contributed by atoms with E-state index in [4.69, 9.17) is 4.74 Å². The van der Waals surface area contributed by atoms with Gasteiger partial charge in [-0.25, -0.2) is 0 Å². The first-order valence-corrected chi connectivity index (χ1v) is 14.2. The predicted octanol–water partition coefficient (Wildman–Crippen LogP) is 6.09. The maximum absolute atomic E-state index is 13.7. The molecule has 0 aromatic heterocycles. The molecule has 42 heavy (non-hydrogen) atoms. The van der Waals surface area contributed by atoms with Crippen molar-refractivity contribution in [1.82, 2.24) is 10.2 Å². The Kier molecular flexibility index (Phi) is 10.4. The highest BCUT2D eigenvalue weighted by Crippen LogP contribution is 2.27. The molecule has 1 N–H and O–H groups in total. The van der Waals surface area contributed by atoms with E-state index in [1.54, 1.807) is 62.6 Å². The van der Waals surface area contributed by atoms with Crippen molar-refractivity contribution < 1.29 is 19.1 Å². The summed E-state index contributed by atoms with van der Waals surface area (Å²) < 4.78 is 5.19. The summed E-state index contributed by atoms with van der Waals surface area (Å²) in [7, 11) is 1.56. The van der Waals surface area contributed by atoms with Crippen molar-refractivity contribution in [3.05, 3.63) is 144 Å². The molecule has 0 unspecified atom stereocenters. The van der Waals surface area contributed by atoms with E-state index in [0.29, 0.717) is 17.0 Å². The van der Waals surface area contributed by atoms with Crippen LogP contribution in [0.1, 0.15) is 29.7 Å². The predicted molar refractivity (Wildman–Crippen MR) is 169 cm³/mol. The third kappa shape index (κ3) is 7.41. The van der Waals surface area contributed by atoms with Gasteiger partial charge >= 0.3 is 0 Å². The zero-order valence-corrected chi connectivity index (χ0v) is 24.2. The van der Waals surface area contributed by atoms with Gasteiger partial charge < -0.3 is 10.1 Å². The molecule has 0 atom stereocenters. The van der Waals surface area contributed by atoms with E-state index in [2.05, 4.69) is 16.9 Å². The number of amides is 3. The van der Waals surface area contributed by atoms with Crippen molar-refractivity contribution >= 4 is 40.7 Å². The van der Waals surface area contributed by atoms with Gasteiger partial charge in [0.15, 0.2) is 5.17 Å². The Labute approximate surface area is 250 Å². The van der Waals surface area contributed by atoms with E-state index in [9.17, 15) is 14.4 Å². The molecule has 0 aliphatic carbocycles. The van der Waals surface area contributed by atoms with Crippen LogP contribution in [0.25, 0.3) is 6.08 Å². The molecule has 3 amide bonds. The number of carbonyl (C=O) groups is 3. The van der Waals surface area contributed by atoms with Crippen molar-refractivity contribution in [3.8, 4) is 5.75 Å². The van der Waals surface area contributed by atoms with Crippen LogP contribution in [0.3, 0.4) is 0 Å². The van der Waals surface area contributed by atoms with Gasteiger partial charge in [-0.1, -0.05) is 109 Å². The molecule has 1 heterocycles. The van der Waals surface area contributed by atoms with E-state index in [1.165, 1.54) is 11.0 Å². The van der Waals surface area contributed by atoms with Crippen LogP contribution in [0.4, 0.5) is 0 Å². The van der Waals surface area contributed by atoms with Crippen molar-refractivity contribution in [2.45, 2.75) is 13.0 Å². The lowest BCUT2D eigenvalue weighted by Gasteiger charge is -2.28. The Hall–Kier alpha value is -4.95. The maximum atomic E-state index is 13.7. The SMILES string of the molecule is C=C/C=C\C(=C/C)N1C(=O)/C(=C/c2ccc(OC)cc2)C(=O)N=C1SCC(=O)NC(c1ccccc1)c1ccccc1. The summed E-state index contributed by atoms with van der Waals surface area (Å²) in [4.78, 5) is 45.7. The fraction of sp³-hybridized carbons (Fsp3) is 0.118. The molecule has 4 rings (SSSR count). The first-order valence-electron chi connectivity index (χ1n) is 13.3. The summed E-state index contributed by atoms with van der Waals surface area (Å²) in [5.41, 5.74) is 2.92. The van der Waals surface area contributed by atoms with Gasteiger partial charge in [-0.15, -0.1) is 0 Å². The number of aliphatic imine (C=N–C) groups is 1. The second-order valence-corrected chi connectivity index (χ2v) is 10.0. The maximum Gasteiger partial charge on any atom is 0.285 e. The Bertz CT molecular complexity index is 1520. The Morgan fingerprint density at radius 2 is 1.62 bits per heavy atom. The van der Waals surface area contributed by atoms with Crippen LogP contribution in [0.15, 0.2) is 132 Å². The summed E-state index contributed by atoms with van der Waals surface area (Å²) in [6, 6.07) is 26.0. The number of thioether (sulfide) groups is 1. The van der Waals surface area contributed by atoms with Crippen molar-refractivity contribution in [3.63, 3.8) is 0 Å². The fourth-order valence-corrected chi connectivity index (χ4v) is 5.07. The first kappa shape index (κ1) is 30.0. The van der Waals surface area contributed by atoms with Crippen LogP contribution in [-0.2, 0) is 14.4 Å². The molecule has 3 aromatic carbocycles. The number of ether oxygens (including phenoxy) is 1. The molecule has 8 heteroatoms. The minimum Gasteiger partial charge on any atom is -0.497 e. The summed E-state index contributed by atoms with van der Waals surface area (Å²) in [6.45, 7) is 5.48. The van der Waals surface area contributed by atoms with E-state index >= 15 is 0 Å². The zero-order chi connectivity index (χ0) is 29.9. The lowest BCUT2D eigenvalue weighted by atomic mass is 9.99. The number of allylic oxidation sites excluding steroid dienone is 4. The second kappa shape index (κ2) is 14.6. The second-order valence-electron chi connectivity index (χ2n) is 9.09. The third-order valence-corrected chi connectivity index (χ3v) is 7.28. The summed E-state index contributed by atoms with van der Waals surface area (Å²) in [6.07, 6.45) is 8.20. The number of nitrogens with one attached hydrogen (secondary N) is 1. The molecule has 212 valence electrons. The van der Waals surface area contributed by atoms with E-state index in [1.807, 2.05) is 60.7 Å². The molecule has 0 saturated carbocycles. The monoisotopic (exact) mass is 577 g/mol. The average molecular weight is 578 g/mol. The number of hydrogen-bond acceptors (Lipinski definition) is 5. The topological polar surface area (TPSA) is 88.1 Å². The van der Waals surface area contributed by atoms with Gasteiger partial charge in [-0.3, -0.25) is 19.3 Å². The number of rotatable bonds is 10. The third-order valence-electron chi connectivity index (χ3n) is 6.34. The molecule has 0 radical (unpaired) electrons. The van der Waals surface area contributed by atoms with Crippen molar-refractivity contribution in [2.75, 3.05) is 12.9 Å². The fourth-order valence-electron chi connectivity index (χ4n) is 4.26. The van der Waals surface area contributed by atoms with Crippen molar-refractivity contribution in [1.29, 1.82) is 0 Å². The highest BCUT2D eigenvalue weighted by Gasteiger charge is 2.35. The molecule has 3 aromatic rings. The Morgan fingerprint density at radius 3 is 2.17 bits per heavy atom. The molecular weight excluding hydrogens is 546 g/mol. The minimum absolute atomic E-state index is 0.0637. The van der Waals surface area contributed by atoms with E-state index < -0.39 is 11.8 Å². The zero-order valence-electron chi connectivity index (χ0n) is 23.4. The molecule has 0 fully saturated rings. The largest absolute Gasteiger partial charge is 0.497 e. The molecule has 1 aliphatic heterocycles. The molecular formula is C34H31N3O4S. The molecule has 0 saturated heterocycles. The molecule has 0 spiro atoms. The van der Waals surface area contributed by atoms with Crippen LogP contribution in [0, 0.1) is 0 Å². The summed E-state index contributed by atoms with van der Waals surface area (Å²) in [5, 5.41) is 3.20. The Morgan fingerprint density at radius 1 is 1.00 bits per heavy atom. The summed E-state index contributed by atoms with van der Waals surface area (Å²) >= 11 is 1.02.